The highest BCUT2D eigenvalue weighted by Crippen LogP contribution is 2.02. The van der Waals surface area contributed by atoms with E-state index in [0.29, 0.717) is 0 Å². The lowest BCUT2D eigenvalue weighted by atomic mass is 10.2. The van der Waals surface area contributed by atoms with Crippen LogP contribution in [0.3, 0.4) is 0 Å². The topological polar surface area (TPSA) is 30.2 Å². The van der Waals surface area contributed by atoms with Crippen LogP contribution in [0.25, 0.3) is 5.65 Å². The van der Waals surface area contributed by atoms with Crippen molar-refractivity contribution in [3.05, 3.63) is 30.2 Å². The SMILES string of the molecule is CCC.CCc1ccc2ncnn2c1. The molecule has 2 rings (SSSR count). The smallest absolute Gasteiger partial charge is 0.155 e. The number of pyridine rings is 1. The maximum atomic E-state index is 4.05. The van der Waals surface area contributed by atoms with E-state index in [1.165, 1.54) is 12.0 Å². The van der Waals surface area contributed by atoms with Gasteiger partial charge in [0, 0.05) is 6.20 Å². The van der Waals surface area contributed by atoms with Crippen LogP contribution in [0.5, 0.6) is 0 Å². The predicted molar refractivity (Wildman–Crippen MR) is 58.3 cm³/mol. The van der Waals surface area contributed by atoms with Crippen molar-refractivity contribution < 1.29 is 0 Å². The molecule has 0 amide bonds. The lowest BCUT2D eigenvalue weighted by Gasteiger charge is -1.95. The summed E-state index contributed by atoms with van der Waals surface area (Å²) in [5, 5.41) is 4.03. The number of nitrogens with zero attached hydrogens (tertiary/aromatic N) is 3. The third-order valence-electron chi connectivity index (χ3n) is 1.74. The van der Waals surface area contributed by atoms with Gasteiger partial charge in [0.1, 0.15) is 6.33 Å². The van der Waals surface area contributed by atoms with Crippen molar-refractivity contribution >= 4 is 5.65 Å². The van der Waals surface area contributed by atoms with E-state index in [2.05, 4.69) is 36.9 Å². The van der Waals surface area contributed by atoms with E-state index in [0.717, 1.165) is 12.1 Å². The summed E-state index contributed by atoms with van der Waals surface area (Å²) in [4.78, 5) is 4.05. The molecule has 0 spiro atoms. The highest BCUT2D eigenvalue weighted by atomic mass is 15.3. The second-order valence-corrected chi connectivity index (χ2v) is 3.16. The first-order chi connectivity index (χ1) is 6.81. The summed E-state index contributed by atoms with van der Waals surface area (Å²) in [6.07, 6.45) is 5.85. The number of hydrogen-bond donors (Lipinski definition) is 0. The van der Waals surface area contributed by atoms with Gasteiger partial charge in [0.15, 0.2) is 5.65 Å². The van der Waals surface area contributed by atoms with E-state index in [1.54, 1.807) is 10.8 Å². The molecule has 0 aliphatic rings. The van der Waals surface area contributed by atoms with Crippen LogP contribution in [0.1, 0.15) is 32.8 Å². The van der Waals surface area contributed by atoms with E-state index in [4.69, 9.17) is 0 Å². The fourth-order valence-electron chi connectivity index (χ4n) is 1.07. The quantitative estimate of drug-likeness (QED) is 0.693. The van der Waals surface area contributed by atoms with E-state index in [1.807, 2.05) is 12.3 Å². The summed E-state index contributed by atoms with van der Waals surface area (Å²) < 4.78 is 1.79. The summed E-state index contributed by atoms with van der Waals surface area (Å²) in [5.74, 6) is 0. The second-order valence-electron chi connectivity index (χ2n) is 3.16. The average Bonchev–Trinajstić information content (AvgIpc) is 2.65. The van der Waals surface area contributed by atoms with Crippen molar-refractivity contribution in [3.8, 4) is 0 Å². The molecule has 0 unspecified atom stereocenters. The molecule has 0 aromatic carbocycles. The minimum atomic E-state index is 0.905. The van der Waals surface area contributed by atoms with Gasteiger partial charge in [-0.05, 0) is 18.1 Å². The molecule has 0 bridgehead atoms. The molecule has 0 N–H and O–H groups in total. The second kappa shape index (κ2) is 5.37. The van der Waals surface area contributed by atoms with Gasteiger partial charge in [0.25, 0.3) is 0 Å². The van der Waals surface area contributed by atoms with Gasteiger partial charge < -0.3 is 0 Å². The molecule has 0 radical (unpaired) electrons. The summed E-state index contributed by atoms with van der Waals surface area (Å²) in [7, 11) is 0. The fourth-order valence-corrected chi connectivity index (χ4v) is 1.07. The Morgan fingerprint density at radius 2 is 1.93 bits per heavy atom. The zero-order chi connectivity index (χ0) is 10.4. The molecular formula is C11H17N3. The van der Waals surface area contributed by atoms with E-state index in [-0.39, 0.29) is 0 Å². The molecule has 0 saturated heterocycles. The minimum Gasteiger partial charge on any atom is -0.221 e. The van der Waals surface area contributed by atoms with Gasteiger partial charge >= 0.3 is 0 Å². The first-order valence-electron chi connectivity index (χ1n) is 5.10. The molecule has 14 heavy (non-hydrogen) atoms. The van der Waals surface area contributed by atoms with Crippen LogP contribution in [-0.4, -0.2) is 14.6 Å². The standard InChI is InChI=1S/C8H9N3.C3H8/c1-2-7-3-4-8-9-6-10-11(8)5-7;1-3-2/h3-6H,2H2,1H3;3H2,1-2H3. The fraction of sp³-hybridized carbons (Fsp3) is 0.455. The van der Waals surface area contributed by atoms with Gasteiger partial charge in [0.05, 0.1) is 0 Å². The largest absolute Gasteiger partial charge is 0.221 e. The summed E-state index contributed by atoms with van der Waals surface area (Å²) >= 11 is 0. The maximum Gasteiger partial charge on any atom is 0.155 e. The van der Waals surface area contributed by atoms with Gasteiger partial charge in [-0.1, -0.05) is 33.3 Å². The van der Waals surface area contributed by atoms with Crippen LogP contribution in [0.15, 0.2) is 24.7 Å². The minimum absolute atomic E-state index is 0.905. The first-order valence-corrected chi connectivity index (χ1v) is 5.10. The van der Waals surface area contributed by atoms with E-state index in [9.17, 15) is 0 Å². The molecule has 0 atom stereocenters. The Kier molecular flexibility index (Phi) is 4.11. The Morgan fingerprint density at radius 3 is 2.57 bits per heavy atom. The molecule has 0 aliphatic carbocycles. The monoisotopic (exact) mass is 191 g/mol. The van der Waals surface area contributed by atoms with Crippen molar-refractivity contribution in [1.29, 1.82) is 0 Å². The summed E-state index contributed by atoms with van der Waals surface area (Å²) in [6, 6.07) is 4.05. The molecule has 2 heterocycles. The zero-order valence-corrected chi connectivity index (χ0v) is 9.07. The van der Waals surface area contributed by atoms with Crippen molar-refractivity contribution in [1.82, 2.24) is 14.6 Å². The average molecular weight is 191 g/mol. The summed E-state index contributed by atoms with van der Waals surface area (Å²) in [6.45, 7) is 6.37. The molecule has 0 fully saturated rings. The number of hydrogen-bond acceptors (Lipinski definition) is 2. The zero-order valence-electron chi connectivity index (χ0n) is 9.07. The number of rotatable bonds is 1. The van der Waals surface area contributed by atoms with E-state index < -0.39 is 0 Å². The number of aromatic nitrogens is 3. The maximum absolute atomic E-state index is 4.05. The molecule has 3 nitrogen and oxygen atoms in total. The normalized spacial score (nSPS) is 9.64. The van der Waals surface area contributed by atoms with Crippen LogP contribution >= 0.6 is 0 Å². The van der Waals surface area contributed by atoms with Crippen LogP contribution in [0.2, 0.25) is 0 Å². The Hall–Kier alpha value is -1.38. The predicted octanol–water partition coefficient (Wildman–Crippen LogP) is 2.71. The number of fused-ring (bicyclic) bond motifs is 1. The van der Waals surface area contributed by atoms with Gasteiger partial charge in [-0.25, -0.2) is 9.50 Å². The molecule has 2 aromatic heterocycles. The van der Waals surface area contributed by atoms with Crippen molar-refractivity contribution in [2.45, 2.75) is 33.6 Å². The van der Waals surface area contributed by atoms with Gasteiger partial charge in [-0.2, -0.15) is 5.10 Å². The molecule has 3 heteroatoms. The van der Waals surface area contributed by atoms with Crippen LogP contribution in [0, 0.1) is 0 Å². The van der Waals surface area contributed by atoms with Crippen LogP contribution in [0.4, 0.5) is 0 Å². The Balaban J connectivity index is 0.000000293. The Bertz CT molecular complexity index is 379. The summed E-state index contributed by atoms with van der Waals surface area (Å²) in [5.41, 5.74) is 2.19. The molecule has 0 aliphatic heterocycles. The van der Waals surface area contributed by atoms with E-state index >= 15 is 0 Å². The molecule has 2 aromatic rings. The third kappa shape index (κ3) is 2.55. The van der Waals surface area contributed by atoms with Crippen molar-refractivity contribution in [2.75, 3.05) is 0 Å². The highest BCUT2D eigenvalue weighted by Gasteiger charge is 1.94. The first kappa shape index (κ1) is 10.7. The lowest BCUT2D eigenvalue weighted by molar-refractivity contribution is 0.936. The third-order valence-corrected chi connectivity index (χ3v) is 1.74. The lowest BCUT2D eigenvalue weighted by Crippen LogP contribution is -1.89. The Labute approximate surface area is 84.8 Å². The van der Waals surface area contributed by atoms with Crippen molar-refractivity contribution in [3.63, 3.8) is 0 Å². The van der Waals surface area contributed by atoms with Crippen molar-refractivity contribution in [2.24, 2.45) is 0 Å². The van der Waals surface area contributed by atoms with Gasteiger partial charge in [-0.3, -0.25) is 0 Å². The highest BCUT2D eigenvalue weighted by molar-refractivity contribution is 5.37. The molecule has 0 saturated carbocycles. The molecular weight excluding hydrogens is 174 g/mol. The number of aryl methyl sites for hydroxylation is 1. The van der Waals surface area contributed by atoms with Gasteiger partial charge in [-0.15, -0.1) is 0 Å². The van der Waals surface area contributed by atoms with Crippen LogP contribution < -0.4 is 0 Å². The Morgan fingerprint density at radius 1 is 1.21 bits per heavy atom. The van der Waals surface area contributed by atoms with Gasteiger partial charge in [0.2, 0.25) is 0 Å². The molecule has 76 valence electrons. The van der Waals surface area contributed by atoms with Crippen LogP contribution in [-0.2, 0) is 6.42 Å².